The average molecular weight is 317 g/mol. The number of hydrogen-bond acceptors (Lipinski definition) is 0. The first-order valence-corrected chi connectivity index (χ1v) is 15.2. The smallest absolute Gasteiger partial charge is 0.0769 e. The van der Waals surface area contributed by atoms with Crippen LogP contribution in [0.1, 0.15) is 34.1 Å². The van der Waals surface area contributed by atoms with Gasteiger partial charge >= 0.3 is 0 Å². The van der Waals surface area contributed by atoms with E-state index >= 15 is 0 Å². The largest absolute Gasteiger partial charge is 0.0870 e. The normalized spacial score (nSPS) is 27.3. The van der Waals surface area contributed by atoms with E-state index in [1.165, 1.54) is 12.5 Å². The highest BCUT2D eigenvalue weighted by Gasteiger charge is 2.54. The van der Waals surface area contributed by atoms with Gasteiger partial charge in [0.15, 0.2) is 0 Å². The Bertz CT molecular complexity index is 522. The van der Waals surface area contributed by atoms with Crippen molar-refractivity contribution in [1.82, 2.24) is 0 Å². The van der Waals surface area contributed by atoms with Crippen molar-refractivity contribution in [3.05, 3.63) is 41.5 Å². The van der Waals surface area contributed by atoms with Crippen LogP contribution in [0, 0.1) is 5.92 Å². The molecule has 1 heterocycles. The average Bonchev–Trinajstić information content (AvgIpc) is 2.40. The van der Waals surface area contributed by atoms with Crippen LogP contribution in [0.4, 0.5) is 0 Å². The summed E-state index contributed by atoms with van der Waals surface area (Å²) >= 11 is 0. The van der Waals surface area contributed by atoms with Gasteiger partial charge in [0, 0.05) is 7.59 Å². The third-order valence-electron chi connectivity index (χ3n) is 5.86. The lowest BCUT2D eigenvalue weighted by molar-refractivity contribution is 0.560. The van der Waals surface area contributed by atoms with Crippen LogP contribution in [0.3, 0.4) is 0 Å². The summed E-state index contributed by atoms with van der Waals surface area (Å²) in [5.41, 5.74) is 4.28. The second kappa shape index (κ2) is 5.88. The van der Waals surface area contributed by atoms with Crippen molar-refractivity contribution in [1.29, 1.82) is 0 Å². The molecule has 116 valence electrons. The molecule has 1 aliphatic heterocycles. The minimum atomic E-state index is -1.48. The maximum atomic E-state index is 2.63. The lowest BCUT2D eigenvalue weighted by atomic mass is 9.99. The van der Waals surface area contributed by atoms with Crippen LogP contribution < -0.4 is 5.19 Å². The van der Waals surface area contributed by atoms with Gasteiger partial charge in [0.1, 0.15) is 0 Å². The van der Waals surface area contributed by atoms with Gasteiger partial charge in [-0.15, -0.1) is 0 Å². The molecule has 0 spiro atoms. The fourth-order valence-electron chi connectivity index (χ4n) is 4.49. The number of benzene rings is 1. The summed E-state index contributed by atoms with van der Waals surface area (Å²) in [4.78, 5) is 0. The molecular weight excluding hydrogens is 284 g/mol. The maximum Gasteiger partial charge on any atom is 0.0870 e. The molecule has 2 rings (SSSR count). The van der Waals surface area contributed by atoms with Crippen molar-refractivity contribution in [3.63, 3.8) is 0 Å². The van der Waals surface area contributed by atoms with Crippen molar-refractivity contribution in [2.75, 3.05) is 0 Å². The Hall–Kier alpha value is -0.606. The minimum absolute atomic E-state index is 0.798. The standard InChI is InChI=1S/C19H32Si2/c1-15(2)19-13-16(3)17(4)14-21(19,20(5,6)7)18-11-9-8-10-12-18/h8-12,15,19H,13-14H2,1-7H3/t19-,21+/m0/s1. The molecule has 0 aliphatic carbocycles. The van der Waals surface area contributed by atoms with Crippen LogP contribution in [0.15, 0.2) is 41.5 Å². The summed E-state index contributed by atoms with van der Waals surface area (Å²) < 4.78 is 0. The van der Waals surface area contributed by atoms with E-state index in [-0.39, 0.29) is 0 Å². The Morgan fingerprint density at radius 3 is 2.05 bits per heavy atom. The van der Waals surface area contributed by atoms with E-state index < -0.39 is 15.2 Å². The highest BCUT2D eigenvalue weighted by molar-refractivity contribution is 7.46. The molecule has 0 bridgehead atoms. The van der Waals surface area contributed by atoms with Crippen LogP contribution in [0.2, 0.25) is 31.2 Å². The molecule has 21 heavy (non-hydrogen) atoms. The summed E-state index contributed by atoms with van der Waals surface area (Å²) in [6.07, 6.45) is 1.34. The first kappa shape index (κ1) is 16.8. The molecule has 1 aromatic rings. The van der Waals surface area contributed by atoms with Gasteiger partial charge < -0.3 is 0 Å². The van der Waals surface area contributed by atoms with Gasteiger partial charge in [-0.2, -0.15) is 0 Å². The van der Waals surface area contributed by atoms with Crippen molar-refractivity contribution in [2.24, 2.45) is 5.92 Å². The first-order valence-electron chi connectivity index (χ1n) is 8.41. The van der Waals surface area contributed by atoms with Gasteiger partial charge in [0.25, 0.3) is 0 Å². The summed E-state index contributed by atoms with van der Waals surface area (Å²) in [7, 11) is -2.72. The molecule has 0 nitrogen and oxygen atoms in total. The molecule has 0 radical (unpaired) electrons. The van der Waals surface area contributed by atoms with Crippen LogP contribution in [-0.4, -0.2) is 15.2 Å². The second-order valence-electron chi connectivity index (χ2n) is 8.38. The van der Waals surface area contributed by atoms with Gasteiger partial charge in [-0.05, 0) is 37.8 Å². The second-order valence-corrected chi connectivity index (χ2v) is 23.7. The van der Waals surface area contributed by atoms with E-state index in [9.17, 15) is 0 Å². The van der Waals surface area contributed by atoms with Crippen molar-refractivity contribution < 1.29 is 0 Å². The third-order valence-corrected chi connectivity index (χ3v) is 23.7. The quantitative estimate of drug-likeness (QED) is 0.508. The Morgan fingerprint density at radius 2 is 1.57 bits per heavy atom. The zero-order valence-electron chi connectivity index (χ0n) is 15.0. The molecule has 0 saturated heterocycles. The van der Waals surface area contributed by atoms with Crippen molar-refractivity contribution in [3.8, 4) is 0 Å². The predicted molar refractivity (Wildman–Crippen MR) is 102 cm³/mol. The lowest BCUT2D eigenvalue weighted by Crippen LogP contribution is -2.70. The van der Waals surface area contributed by atoms with Gasteiger partial charge in [-0.1, -0.05) is 80.2 Å². The summed E-state index contributed by atoms with van der Waals surface area (Å²) in [6.45, 7) is 17.6. The Labute approximate surface area is 133 Å². The number of hydrogen-bond donors (Lipinski definition) is 0. The van der Waals surface area contributed by atoms with E-state index in [4.69, 9.17) is 0 Å². The summed E-state index contributed by atoms with van der Waals surface area (Å²) in [5.74, 6) is 0.798. The van der Waals surface area contributed by atoms with Crippen LogP contribution >= 0.6 is 0 Å². The lowest BCUT2D eigenvalue weighted by Gasteiger charge is -2.53. The van der Waals surface area contributed by atoms with Gasteiger partial charge in [-0.3, -0.25) is 0 Å². The zero-order chi connectivity index (χ0) is 15.8. The molecule has 1 aromatic carbocycles. The number of rotatable bonds is 3. The SMILES string of the molecule is CC1=C(C)C[Si@](c2ccccc2)([Si](C)(C)C)[C@H](C(C)C)C1. The van der Waals surface area contributed by atoms with Crippen molar-refractivity contribution in [2.45, 2.75) is 65.3 Å². The molecule has 1 aliphatic rings. The Balaban J connectivity index is 2.69. The summed E-state index contributed by atoms with van der Waals surface area (Å²) in [5, 5.41) is 1.73. The van der Waals surface area contributed by atoms with E-state index in [2.05, 4.69) is 77.7 Å². The van der Waals surface area contributed by atoms with E-state index in [1.807, 2.05) is 0 Å². The highest BCUT2D eigenvalue weighted by Crippen LogP contribution is 2.48. The predicted octanol–water partition coefficient (Wildman–Crippen LogP) is 5.53. The molecule has 0 unspecified atom stereocenters. The van der Waals surface area contributed by atoms with Crippen molar-refractivity contribution >= 4 is 20.4 Å². The molecule has 0 fully saturated rings. The molecule has 0 N–H and O–H groups in total. The highest BCUT2D eigenvalue weighted by atomic mass is 29.3. The van der Waals surface area contributed by atoms with Crippen LogP contribution in [0.25, 0.3) is 0 Å². The van der Waals surface area contributed by atoms with Gasteiger partial charge in [0.2, 0.25) is 0 Å². The maximum absolute atomic E-state index is 2.63. The molecule has 2 heteroatoms. The third kappa shape index (κ3) is 2.85. The van der Waals surface area contributed by atoms with E-state index in [0.29, 0.717) is 0 Å². The first-order chi connectivity index (χ1) is 9.70. The van der Waals surface area contributed by atoms with Crippen LogP contribution in [-0.2, 0) is 0 Å². The molecule has 2 atom stereocenters. The van der Waals surface area contributed by atoms with E-state index in [1.54, 1.807) is 16.3 Å². The monoisotopic (exact) mass is 316 g/mol. The minimum Gasteiger partial charge on any atom is -0.0769 e. The number of allylic oxidation sites excluding steroid dienone is 2. The zero-order valence-corrected chi connectivity index (χ0v) is 17.0. The van der Waals surface area contributed by atoms with Gasteiger partial charge in [0.05, 0.1) is 7.59 Å². The Kier molecular flexibility index (Phi) is 4.70. The fourth-order valence-corrected chi connectivity index (χ4v) is 21.7. The Morgan fingerprint density at radius 1 is 1.00 bits per heavy atom. The summed E-state index contributed by atoms with van der Waals surface area (Å²) in [6, 6.07) is 13.0. The molecular formula is C19H32Si2. The van der Waals surface area contributed by atoms with Crippen LogP contribution in [0.5, 0.6) is 0 Å². The van der Waals surface area contributed by atoms with Gasteiger partial charge in [-0.25, -0.2) is 0 Å². The molecule has 0 aromatic heterocycles. The van der Waals surface area contributed by atoms with E-state index in [0.717, 1.165) is 11.5 Å². The molecule has 0 saturated carbocycles. The fraction of sp³-hybridized carbons (Fsp3) is 0.579. The molecule has 0 amide bonds. The topological polar surface area (TPSA) is 0 Å².